The maximum absolute atomic E-state index is 13.1. The van der Waals surface area contributed by atoms with Gasteiger partial charge in [-0.05, 0) is 26.0 Å². The van der Waals surface area contributed by atoms with Crippen molar-refractivity contribution in [2.45, 2.75) is 26.9 Å². The van der Waals surface area contributed by atoms with Crippen LogP contribution in [0.15, 0.2) is 60.9 Å². The Labute approximate surface area is 174 Å². The number of aryl methyl sites for hydroxylation is 1. The molecular formula is C23H23N5O2. The van der Waals surface area contributed by atoms with Crippen molar-refractivity contribution >= 4 is 16.9 Å². The fourth-order valence-electron chi connectivity index (χ4n) is 3.32. The van der Waals surface area contributed by atoms with E-state index in [1.54, 1.807) is 17.1 Å². The summed E-state index contributed by atoms with van der Waals surface area (Å²) in [5, 5.41) is 8.11. The fraction of sp³-hybridized carbons (Fsp3) is 0.217. The first kappa shape index (κ1) is 19.6. The summed E-state index contributed by atoms with van der Waals surface area (Å²) in [5.74, 6) is 0.338. The van der Waals surface area contributed by atoms with Crippen molar-refractivity contribution < 1.29 is 9.53 Å². The lowest BCUT2D eigenvalue weighted by atomic mass is 10.1. The zero-order valence-corrected chi connectivity index (χ0v) is 17.0. The van der Waals surface area contributed by atoms with Gasteiger partial charge in [0.1, 0.15) is 0 Å². The van der Waals surface area contributed by atoms with E-state index in [4.69, 9.17) is 9.72 Å². The summed E-state index contributed by atoms with van der Waals surface area (Å²) < 4.78 is 7.35. The topological polar surface area (TPSA) is 81.9 Å². The number of hydrogen-bond acceptors (Lipinski definition) is 5. The maximum atomic E-state index is 13.1. The average molecular weight is 401 g/mol. The number of fused-ring (bicyclic) bond motifs is 1. The molecule has 3 heterocycles. The molecule has 0 atom stereocenters. The first-order chi connectivity index (χ1) is 14.7. The molecule has 0 saturated carbocycles. The summed E-state index contributed by atoms with van der Waals surface area (Å²) in [5.41, 5.74) is 3.74. The van der Waals surface area contributed by atoms with Crippen LogP contribution in [-0.4, -0.2) is 32.3 Å². The predicted molar refractivity (Wildman–Crippen MR) is 115 cm³/mol. The SMILES string of the molecule is CCOc1ncccc1CNC(=O)c1cc(-c2ccccc2)nc2c1cnn2CC. The molecule has 0 aliphatic heterocycles. The number of benzene rings is 1. The molecule has 1 N–H and O–H groups in total. The maximum Gasteiger partial charge on any atom is 0.252 e. The van der Waals surface area contributed by atoms with Crippen molar-refractivity contribution in [3.05, 3.63) is 72.1 Å². The quantitative estimate of drug-likeness (QED) is 0.509. The summed E-state index contributed by atoms with van der Waals surface area (Å²) in [6.45, 7) is 5.40. The van der Waals surface area contributed by atoms with Gasteiger partial charge in [-0.2, -0.15) is 5.10 Å². The minimum absolute atomic E-state index is 0.193. The minimum Gasteiger partial charge on any atom is -0.478 e. The Hall–Kier alpha value is -3.74. The molecule has 3 aromatic heterocycles. The van der Waals surface area contributed by atoms with E-state index in [0.717, 1.165) is 22.2 Å². The highest BCUT2D eigenvalue weighted by Gasteiger charge is 2.17. The molecule has 0 bridgehead atoms. The molecule has 4 aromatic rings. The number of carbonyl (C=O) groups excluding carboxylic acids is 1. The van der Waals surface area contributed by atoms with Gasteiger partial charge < -0.3 is 10.1 Å². The Morgan fingerprint density at radius 1 is 1.13 bits per heavy atom. The smallest absolute Gasteiger partial charge is 0.252 e. The highest BCUT2D eigenvalue weighted by Crippen LogP contribution is 2.25. The number of carbonyl (C=O) groups is 1. The van der Waals surface area contributed by atoms with Gasteiger partial charge in [-0.15, -0.1) is 0 Å². The highest BCUT2D eigenvalue weighted by atomic mass is 16.5. The van der Waals surface area contributed by atoms with Gasteiger partial charge in [-0.25, -0.2) is 14.6 Å². The number of nitrogens with zero attached hydrogens (tertiary/aromatic N) is 4. The summed E-state index contributed by atoms with van der Waals surface area (Å²) in [6.07, 6.45) is 3.37. The molecule has 0 aliphatic rings. The number of rotatable bonds is 7. The molecule has 1 amide bonds. The third-order valence-electron chi connectivity index (χ3n) is 4.79. The van der Waals surface area contributed by atoms with Crippen LogP contribution in [0.25, 0.3) is 22.3 Å². The lowest BCUT2D eigenvalue weighted by Gasteiger charge is -2.11. The van der Waals surface area contributed by atoms with Crippen LogP contribution in [0.4, 0.5) is 0 Å². The van der Waals surface area contributed by atoms with Gasteiger partial charge in [0.25, 0.3) is 5.91 Å². The molecular weight excluding hydrogens is 378 g/mol. The van der Waals surface area contributed by atoms with Gasteiger partial charge >= 0.3 is 0 Å². The molecule has 0 saturated heterocycles. The second-order valence-electron chi connectivity index (χ2n) is 6.70. The van der Waals surface area contributed by atoms with Crippen LogP contribution in [0, 0.1) is 0 Å². The van der Waals surface area contributed by atoms with E-state index in [2.05, 4.69) is 15.4 Å². The third kappa shape index (κ3) is 3.87. The van der Waals surface area contributed by atoms with Crippen molar-refractivity contribution in [3.63, 3.8) is 0 Å². The highest BCUT2D eigenvalue weighted by molar-refractivity contribution is 6.06. The fourth-order valence-corrected chi connectivity index (χ4v) is 3.32. The molecule has 152 valence electrons. The Balaban J connectivity index is 1.69. The van der Waals surface area contributed by atoms with Crippen molar-refractivity contribution in [1.82, 2.24) is 25.1 Å². The Morgan fingerprint density at radius 2 is 1.97 bits per heavy atom. The number of amides is 1. The molecule has 4 rings (SSSR count). The minimum atomic E-state index is -0.193. The number of hydrogen-bond donors (Lipinski definition) is 1. The van der Waals surface area contributed by atoms with Crippen LogP contribution >= 0.6 is 0 Å². The third-order valence-corrected chi connectivity index (χ3v) is 4.79. The molecule has 7 heteroatoms. The van der Waals surface area contributed by atoms with Crippen LogP contribution in [0.3, 0.4) is 0 Å². The predicted octanol–water partition coefficient (Wildman–Crippen LogP) is 3.84. The number of nitrogens with one attached hydrogen (secondary N) is 1. The van der Waals surface area contributed by atoms with E-state index in [1.807, 2.05) is 62.4 Å². The monoisotopic (exact) mass is 401 g/mol. The number of aromatic nitrogens is 4. The second kappa shape index (κ2) is 8.73. The molecule has 0 aliphatic carbocycles. The van der Waals surface area contributed by atoms with Gasteiger partial charge in [-0.3, -0.25) is 4.79 Å². The standard InChI is InChI=1S/C23H23N5O2/c1-3-28-21-19(15-26-28)18(13-20(27-21)16-9-6-5-7-10-16)22(29)25-14-17-11-8-12-24-23(17)30-4-2/h5-13,15H,3-4,14H2,1-2H3,(H,25,29). The number of pyridine rings is 2. The van der Waals surface area contributed by atoms with Gasteiger partial charge in [0.05, 0.1) is 29.4 Å². The van der Waals surface area contributed by atoms with Crippen LogP contribution in [0.2, 0.25) is 0 Å². The molecule has 0 radical (unpaired) electrons. The van der Waals surface area contributed by atoms with E-state index < -0.39 is 0 Å². The molecule has 0 spiro atoms. The van der Waals surface area contributed by atoms with Crippen LogP contribution < -0.4 is 10.1 Å². The van der Waals surface area contributed by atoms with E-state index in [9.17, 15) is 4.79 Å². The largest absolute Gasteiger partial charge is 0.478 e. The summed E-state index contributed by atoms with van der Waals surface area (Å²) in [6, 6.07) is 15.4. The number of ether oxygens (including phenoxy) is 1. The Bertz CT molecular complexity index is 1170. The molecule has 7 nitrogen and oxygen atoms in total. The second-order valence-corrected chi connectivity index (χ2v) is 6.70. The average Bonchev–Trinajstić information content (AvgIpc) is 3.21. The van der Waals surface area contributed by atoms with Crippen LogP contribution in [0.5, 0.6) is 5.88 Å². The van der Waals surface area contributed by atoms with Gasteiger partial charge in [0.15, 0.2) is 5.65 Å². The zero-order chi connectivity index (χ0) is 20.9. The van der Waals surface area contributed by atoms with Gasteiger partial charge in [0, 0.05) is 30.4 Å². The van der Waals surface area contributed by atoms with Gasteiger partial charge in [0.2, 0.25) is 5.88 Å². The van der Waals surface area contributed by atoms with Crippen LogP contribution in [0.1, 0.15) is 29.8 Å². The van der Waals surface area contributed by atoms with E-state index >= 15 is 0 Å². The van der Waals surface area contributed by atoms with Crippen molar-refractivity contribution in [3.8, 4) is 17.1 Å². The summed E-state index contributed by atoms with van der Waals surface area (Å²) >= 11 is 0. The lowest BCUT2D eigenvalue weighted by Crippen LogP contribution is -2.23. The van der Waals surface area contributed by atoms with Crippen molar-refractivity contribution in [2.75, 3.05) is 6.61 Å². The first-order valence-corrected chi connectivity index (χ1v) is 9.98. The van der Waals surface area contributed by atoms with Gasteiger partial charge in [-0.1, -0.05) is 36.4 Å². The Morgan fingerprint density at radius 3 is 2.73 bits per heavy atom. The lowest BCUT2D eigenvalue weighted by molar-refractivity contribution is 0.0952. The van der Waals surface area contributed by atoms with E-state index in [-0.39, 0.29) is 5.91 Å². The first-order valence-electron chi connectivity index (χ1n) is 9.98. The molecule has 0 unspecified atom stereocenters. The normalized spacial score (nSPS) is 10.9. The molecule has 0 fully saturated rings. The van der Waals surface area contributed by atoms with Crippen molar-refractivity contribution in [1.29, 1.82) is 0 Å². The van der Waals surface area contributed by atoms with Crippen molar-refractivity contribution in [2.24, 2.45) is 0 Å². The van der Waals surface area contributed by atoms with Crippen LogP contribution in [-0.2, 0) is 13.1 Å². The Kier molecular flexibility index (Phi) is 5.70. The van der Waals surface area contributed by atoms with E-state index in [1.165, 1.54) is 0 Å². The molecule has 30 heavy (non-hydrogen) atoms. The zero-order valence-electron chi connectivity index (χ0n) is 17.0. The summed E-state index contributed by atoms with van der Waals surface area (Å²) in [4.78, 5) is 22.2. The molecule has 1 aromatic carbocycles. The van der Waals surface area contributed by atoms with E-state index in [0.29, 0.717) is 36.8 Å². The summed E-state index contributed by atoms with van der Waals surface area (Å²) in [7, 11) is 0.